The molecule has 0 aromatic heterocycles. The lowest BCUT2D eigenvalue weighted by molar-refractivity contribution is -0.130. The summed E-state index contributed by atoms with van der Waals surface area (Å²) in [5.74, 6) is 0.329. The highest BCUT2D eigenvalue weighted by Gasteiger charge is 2.25. The summed E-state index contributed by atoms with van der Waals surface area (Å²) >= 11 is 1.87. The SMILES string of the molecule is CC(SC1CCNCC1)C(=O)N1CCNCC1. The van der Waals surface area contributed by atoms with E-state index in [1.165, 1.54) is 12.8 Å². The summed E-state index contributed by atoms with van der Waals surface area (Å²) in [7, 11) is 0. The van der Waals surface area contributed by atoms with Crippen LogP contribution in [0.25, 0.3) is 0 Å². The van der Waals surface area contributed by atoms with E-state index in [1.807, 2.05) is 16.7 Å². The minimum absolute atomic E-state index is 0.121. The van der Waals surface area contributed by atoms with Gasteiger partial charge in [0.15, 0.2) is 0 Å². The lowest BCUT2D eigenvalue weighted by atomic mass is 10.2. The zero-order chi connectivity index (χ0) is 12.1. The number of carbonyl (C=O) groups excluding carboxylic acids is 1. The first-order valence-corrected chi connectivity index (χ1v) is 7.57. The van der Waals surface area contributed by atoms with E-state index in [0.717, 1.165) is 39.3 Å². The van der Waals surface area contributed by atoms with E-state index in [9.17, 15) is 4.79 Å². The zero-order valence-electron chi connectivity index (χ0n) is 10.6. The topological polar surface area (TPSA) is 44.4 Å². The number of piperazine rings is 1. The van der Waals surface area contributed by atoms with Crippen LogP contribution in [0.5, 0.6) is 0 Å². The molecule has 2 fully saturated rings. The molecule has 1 unspecified atom stereocenters. The van der Waals surface area contributed by atoms with Crippen LogP contribution in [0.15, 0.2) is 0 Å². The molecule has 2 rings (SSSR count). The van der Waals surface area contributed by atoms with Gasteiger partial charge in [-0.3, -0.25) is 4.79 Å². The Morgan fingerprint density at radius 1 is 1.18 bits per heavy atom. The highest BCUT2D eigenvalue weighted by atomic mass is 32.2. The molecule has 98 valence electrons. The van der Waals surface area contributed by atoms with Gasteiger partial charge in [-0.1, -0.05) is 0 Å². The number of hydrogen-bond donors (Lipinski definition) is 2. The second-order valence-corrected chi connectivity index (χ2v) is 6.45. The number of thioether (sulfide) groups is 1. The molecule has 2 heterocycles. The number of nitrogens with one attached hydrogen (secondary N) is 2. The fraction of sp³-hybridized carbons (Fsp3) is 0.917. The molecule has 0 bridgehead atoms. The Morgan fingerprint density at radius 3 is 2.41 bits per heavy atom. The van der Waals surface area contributed by atoms with E-state index in [4.69, 9.17) is 0 Å². The lowest BCUT2D eigenvalue weighted by Gasteiger charge is -2.31. The predicted octanol–water partition coefficient (Wildman–Crippen LogP) is 0.292. The largest absolute Gasteiger partial charge is 0.339 e. The number of nitrogens with zero attached hydrogens (tertiary/aromatic N) is 1. The van der Waals surface area contributed by atoms with Crippen LogP contribution in [-0.2, 0) is 4.79 Å². The number of piperidine rings is 1. The van der Waals surface area contributed by atoms with Crippen LogP contribution in [0.1, 0.15) is 19.8 Å². The average molecular weight is 257 g/mol. The van der Waals surface area contributed by atoms with Crippen LogP contribution in [0.2, 0.25) is 0 Å². The fourth-order valence-corrected chi connectivity index (χ4v) is 3.77. The smallest absolute Gasteiger partial charge is 0.235 e. The molecular weight excluding hydrogens is 234 g/mol. The van der Waals surface area contributed by atoms with E-state index in [0.29, 0.717) is 11.2 Å². The monoisotopic (exact) mass is 257 g/mol. The Bertz CT molecular complexity index is 250. The van der Waals surface area contributed by atoms with Gasteiger partial charge >= 0.3 is 0 Å². The lowest BCUT2D eigenvalue weighted by Crippen LogP contribution is -2.49. The summed E-state index contributed by atoms with van der Waals surface area (Å²) in [6.45, 7) is 7.90. The number of rotatable bonds is 3. The minimum atomic E-state index is 0.121. The van der Waals surface area contributed by atoms with Gasteiger partial charge in [-0.2, -0.15) is 0 Å². The van der Waals surface area contributed by atoms with Crippen LogP contribution >= 0.6 is 11.8 Å². The van der Waals surface area contributed by atoms with Crippen molar-refractivity contribution in [1.29, 1.82) is 0 Å². The molecule has 4 nitrogen and oxygen atoms in total. The zero-order valence-corrected chi connectivity index (χ0v) is 11.4. The highest BCUT2D eigenvalue weighted by Crippen LogP contribution is 2.25. The maximum atomic E-state index is 12.2. The third-order valence-electron chi connectivity index (χ3n) is 3.46. The van der Waals surface area contributed by atoms with Gasteiger partial charge in [0.05, 0.1) is 5.25 Å². The Hall–Kier alpha value is -0.260. The van der Waals surface area contributed by atoms with Crippen molar-refractivity contribution in [1.82, 2.24) is 15.5 Å². The van der Waals surface area contributed by atoms with E-state index >= 15 is 0 Å². The van der Waals surface area contributed by atoms with E-state index in [1.54, 1.807) is 0 Å². The summed E-state index contributed by atoms with van der Waals surface area (Å²) < 4.78 is 0. The Morgan fingerprint density at radius 2 is 1.76 bits per heavy atom. The quantitative estimate of drug-likeness (QED) is 0.763. The van der Waals surface area contributed by atoms with Crippen LogP contribution in [0.4, 0.5) is 0 Å². The minimum Gasteiger partial charge on any atom is -0.339 e. The summed E-state index contributed by atoms with van der Waals surface area (Å²) in [6, 6.07) is 0. The molecular formula is C12H23N3OS. The number of hydrogen-bond acceptors (Lipinski definition) is 4. The van der Waals surface area contributed by atoms with E-state index in [2.05, 4.69) is 17.6 Å². The standard InChI is InChI=1S/C12H23N3OS/c1-10(17-11-2-4-13-5-3-11)12(16)15-8-6-14-7-9-15/h10-11,13-14H,2-9H2,1H3. The Balaban J connectivity index is 1.77. The van der Waals surface area contributed by atoms with Crippen LogP contribution < -0.4 is 10.6 Å². The maximum absolute atomic E-state index is 12.2. The van der Waals surface area contributed by atoms with Gasteiger partial charge in [-0.05, 0) is 32.9 Å². The third kappa shape index (κ3) is 3.86. The van der Waals surface area contributed by atoms with Crippen molar-refractivity contribution in [2.45, 2.75) is 30.3 Å². The normalized spacial score (nSPS) is 24.6. The van der Waals surface area contributed by atoms with Crippen LogP contribution in [0, 0.1) is 0 Å². The third-order valence-corrected chi connectivity index (χ3v) is 4.93. The molecule has 5 heteroatoms. The van der Waals surface area contributed by atoms with Crippen molar-refractivity contribution < 1.29 is 4.79 Å². The second kappa shape index (κ2) is 6.61. The molecule has 1 atom stereocenters. The van der Waals surface area contributed by atoms with Crippen LogP contribution in [0.3, 0.4) is 0 Å². The summed E-state index contributed by atoms with van der Waals surface area (Å²) in [5, 5.41) is 7.43. The fourth-order valence-electron chi connectivity index (χ4n) is 2.42. The molecule has 0 aromatic rings. The van der Waals surface area contributed by atoms with Gasteiger partial charge in [0.25, 0.3) is 0 Å². The number of amides is 1. The van der Waals surface area contributed by atoms with Crippen molar-refractivity contribution in [3.63, 3.8) is 0 Å². The summed E-state index contributed by atoms with van der Waals surface area (Å²) in [4.78, 5) is 14.2. The molecule has 2 aliphatic rings. The summed E-state index contributed by atoms with van der Waals surface area (Å²) in [6.07, 6.45) is 2.40. The molecule has 0 radical (unpaired) electrons. The van der Waals surface area contributed by atoms with Gasteiger partial charge < -0.3 is 15.5 Å². The predicted molar refractivity (Wildman–Crippen MR) is 72.4 cm³/mol. The van der Waals surface area contributed by atoms with Gasteiger partial charge in [-0.25, -0.2) is 0 Å². The second-order valence-electron chi connectivity index (χ2n) is 4.80. The molecule has 2 N–H and O–H groups in total. The maximum Gasteiger partial charge on any atom is 0.235 e. The van der Waals surface area contributed by atoms with Gasteiger partial charge in [0.1, 0.15) is 0 Å². The molecule has 0 saturated carbocycles. The molecule has 1 amide bonds. The van der Waals surface area contributed by atoms with Crippen molar-refractivity contribution in [2.24, 2.45) is 0 Å². The first-order valence-electron chi connectivity index (χ1n) is 6.63. The van der Waals surface area contributed by atoms with Crippen molar-refractivity contribution in [3.8, 4) is 0 Å². The molecule has 17 heavy (non-hydrogen) atoms. The van der Waals surface area contributed by atoms with Crippen molar-refractivity contribution in [2.75, 3.05) is 39.3 Å². The molecule has 2 aliphatic heterocycles. The van der Waals surface area contributed by atoms with Crippen molar-refractivity contribution >= 4 is 17.7 Å². The Labute approximate surface area is 108 Å². The Kier molecular flexibility index (Phi) is 5.13. The van der Waals surface area contributed by atoms with Crippen molar-refractivity contribution in [3.05, 3.63) is 0 Å². The first kappa shape index (κ1) is 13.2. The van der Waals surface area contributed by atoms with Gasteiger partial charge in [0.2, 0.25) is 5.91 Å². The number of carbonyl (C=O) groups is 1. The molecule has 0 spiro atoms. The molecule has 0 aliphatic carbocycles. The first-order chi connectivity index (χ1) is 8.27. The van der Waals surface area contributed by atoms with Gasteiger partial charge in [-0.15, -0.1) is 11.8 Å². The average Bonchev–Trinajstić information content (AvgIpc) is 2.40. The molecule has 0 aromatic carbocycles. The molecule has 2 saturated heterocycles. The van der Waals surface area contributed by atoms with Gasteiger partial charge in [0, 0.05) is 31.4 Å². The van der Waals surface area contributed by atoms with E-state index < -0.39 is 0 Å². The van der Waals surface area contributed by atoms with E-state index in [-0.39, 0.29) is 5.25 Å². The van der Waals surface area contributed by atoms with Crippen LogP contribution in [-0.4, -0.2) is 60.6 Å². The highest BCUT2D eigenvalue weighted by molar-refractivity contribution is 8.01. The summed E-state index contributed by atoms with van der Waals surface area (Å²) in [5.41, 5.74) is 0.